The first-order valence-electron chi connectivity index (χ1n) is 6.48. The molecule has 0 aliphatic carbocycles. The quantitative estimate of drug-likeness (QED) is 0.871. The van der Waals surface area contributed by atoms with E-state index in [1.165, 1.54) is 16.8 Å². The van der Waals surface area contributed by atoms with Gasteiger partial charge < -0.3 is 10.1 Å². The van der Waals surface area contributed by atoms with Crippen LogP contribution in [-0.2, 0) is 17.9 Å². The zero-order valence-electron chi connectivity index (χ0n) is 10.8. The van der Waals surface area contributed by atoms with E-state index in [-0.39, 0.29) is 17.3 Å². The Hall–Kier alpha value is -2.34. The topological polar surface area (TPSA) is 76.1 Å². The van der Waals surface area contributed by atoms with Crippen molar-refractivity contribution in [3.05, 3.63) is 62.7 Å². The lowest BCUT2D eigenvalue weighted by molar-refractivity contribution is 0.0423. The molecule has 6 heteroatoms. The number of ether oxygens (including phenoxy) is 1. The summed E-state index contributed by atoms with van der Waals surface area (Å²) >= 11 is 0. The Morgan fingerprint density at radius 1 is 1.20 bits per heavy atom. The Bertz CT molecular complexity index is 720. The number of rotatable bonds is 3. The number of benzene rings is 1. The minimum Gasteiger partial charge on any atom is -0.360 e. The summed E-state index contributed by atoms with van der Waals surface area (Å²) in [5.41, 5.74) is 1.67. The van der Waals surface area contributed by atoms with Crippen LogP contribution in [0.25, 0.3) is 0 Å². The highest BCUT2D eigenvalue weighted by atomic mass is 16.5. The third kappa shape index (κ3) is 2.65. The van der Waals surface area contributed by atoms with E-state index in [0.29, 0.717) is 19.6 Å². The van der Waals surface area contributed by atoms with Crippen LogP contribution in [0.2, 0.25) is 0 Å². The second-order valence-corrected chi connectivity index (χ2v) is 4.69. The molecule has 0 amide bonds. The molecule has 20 heavy (non-hydrogen) atoms. The van der Waals surface area contributed by atoms with Crippen LogP contribution in [0.15, 0.2) is 46.0 Å². The molecular weight excluding hydrogens is 258 g/mol. The third-order valence-corrected chi connectivity index (χ3v) is 3.28. The van der Waals surface area contributed by atoms with E-state index in [4.69, 9.17) is 4.74 Å². The van der Waals surface area contributed by atoms with Gasteiger partial charge in [-0.15, -0.1) is 0 Å². The molecule has 2 heterocycles. The van der Waals surface area contributed by atoms with Crippen molar-refractivity contribution in [2.24, 2.45) is 0 Å². The highest BCUT2D eigenvalue weighted by Gasteiger charge is 2.17. The lowest BCUT2D eigenvalue weighted by atomic mass is 10.1. The number of aryl methyl sites for hydroxylation is 1. The molecule has 6 nitrogen and oxygen atoms in total. The summed E-state index contributed by atoms with van der Waals surface area (Å²) in [4.78, 5) is 22.8. The maximum absolute atomic E-state index is 11.6. The van der Waals surface area contributed by atoms with Gasteiger partial charge in [0.1, 0.15) is 6.23 Å². The molecule has 1 aromatic carbocycles. The van der Waals surface area contributed by atoms with E-state index in [1.807, 2.05) is 24.3 Å². The van der Waals surface area contributed by atoms with E-state index in [2.05, 4.69) is 10.4 Å². The van der Waals surface area contributed by atoms with Crippen LogP contribution in [0.1, 0.15) is 12.0 Å². The van der Waals surface area contributed by atoms with Gasteiger partial charge in [-0.3, -0.25) is 19.4 Å². The summed E-state index contributed by atoms with van der Waals surface area (Å²) in [6.45, 7) is 0.947. The van der Waals surface area contributed by atoms with E-state index in [9.17, 15) is 9.59 Å². The normalized spacial score (nSPS) is 17.3. The van der Waals surface area contributed by atoms with Crippen molar-refractivity contribution < 1.29 is 4.74 Å². The number of para-hydroxylation sites is 1. The Labute approximate surface area is 115 Å². The van der Waals surface area contributed by atoms with Gasteiger partial charge in [-0.25, -0.2) is 0 Å². The molecule has 3 rings (SSSR count). The Morgan fingerprint density at radius 2 is 2.05 bits per heavy atom. The van der Waals surface area contributed by atoms with Gasteiger partial charge in [0.25, 0.3) is 11.1 Å². The molecule has 1 aliphatic rings. The molecule has 0 spiro atoms. The molecule has 1 aliphatic heterocycles. The van der Waals surface area contributed by atoms with Crippen LogP contribution in [0, 0.1) is 0 Å². The molecule has 0 saturated carbocycles. The number of nitrogens with one attached hydrogen (secondary N) is 2. The number of hydrogen-bond acceptors (Lipinski definition) is 4. The molecule has 2 N–H and O–H groups in total. The van der Waals surface area contributed by atoms with Gasteiger partial charge in [0.15, 0.2) is 0 Å². The van der Waals surface area contributed by atoms with Crippen LogP contribution < -0.4 is 16.4 Å². The number of hydrogen-bond donors (Lipinski definition) is 2. The lowest BCUT2D eigenvalue weighted by Crippen LogP contribution is -2.33. The maximum atomic E-state index is 11.6. The summed E-state index contributed by atoms with van der Waals surface area (Å²) in [6, 6.07) is 10.4. The van der Waals surface area contributed by atoms with Gasteiger partial charge in [-0.1, -0.05) is 18.2 Å². The van der Waals surface area contributed by atoms with E-state index in [1.54, 1.807) is 0 Å². The van der Waals surface area contributed by atoms with Gasteiger partial charge >= 0.3 is 0 Å². The second kappa shape index (κ2) is 5.34. The van der Waals surface area contributed by atoms with Crippen molar-refractivity contribution in [3.63, 3.8) is 0 Å². The van der Waals surface area contributed by atoms with Crippen molar-refractivity contribution >= 4 is 5.69 Å². The van der Waals surface area contributed by atoms with Crippen molar-refractivity contribution in [1.82, 2.24) is 9.78 Å². The van der Waals surface area contributed by atoms with E-state index < -0.39 is 0 Å². The molecule has 0 fully saturated rings. The van der Waals surface area contributed by atoms with Crippen LogP contribution >= 0.6 is 0 Å². The zero-order valence-corrected chi connectivity index (χ0v) is 10.8. The van der Waals surface area contributed by atoms with Crippen LogP contribution in [-0.4, -0.2) is 16.0 Å². The fraction of sp³-hybridized carbons (Fsp3) is 0.286. The van der Waals surface area contributed by atoms with Gasteiger partial charge in [0.05, 0.1) is 6.61 Å². The maximum Gasteiger partial charge on any atom is 0.265 e. The van der Waals surface area contributed by atoms with Crippen molar-refractivity contribution in [3.8, 4) is 0 Å². The largest absolute Gasteiger partial charge is 0.360 e. The Kier molecular flexibility index (Phi) is 3.39. The van der Waals surface area contributed by atoms with E-state index >= 15 is 0 Å². The van der Waals surface area contributed by atoms with Crippen molar-refractivity contribution in [1.29, 1.82) is 0 Å². The summed E-state index contributed by atoms with van der Waals surface area (Å²) < 4.78 is 6.98. The first-order valence-corrected chi connectivity index (χ1v) is 6.48. The average Bonchev–Trinajstić information content (AvgIpc) is 2.48. The Morgan fingerprint density at radius 3 is 2.95 bits per heavy atom. The first-order chi connectivity index (χ1) is 9.72. The minimum atomic E-state index is -0.285. The zero-order chi connectivity index (χ0) is 13.9. The fourth-order valence-electron chi connectivity index (χ4n) is 2.22. The monoisotopic (exact) mass is 273 g/mol. The number of aromatic nitrogens is 2. The van der Waals surface area contributed by atoms with Crippen molar-refractivity contribution in [2.45, 2.75) is 25.8 Å². The average molecular weight is 273 g/mol. The van der Waals surface area contributed by atoms with Crippen LogP contribution in [0.3, 0.4) is 0 Å². The van der Waals surface area contributed by atoms with Gasteiger partial charge in [0.2, 0.25) is 0 Å². The summed E-state index contributed by atoms with van der Waals surface area (Å²) in [7, 11) is 0. The molecule has 1 atom stereocenters. The van der Waals surface area contributed by atoms with Gasteiger partial charge in [-0.2, -0.15) is 0 Å². The molecule has 1 aromatic heterocycles. The SMILES string of the molecule is O=c1ccc(=O)n(CC[C@@H]2Nc3ccccc3CO2)[nH]1. The molecular formula is C14H15N3O3. The third-order valence-electron chi connectivity index (χ3n) is 3.28. The molecule has 0 saturated heterocycles. The predicted molar refractivity (Wildman–Crippen MR) is 74.6 cm³/mol. The van der Waals surface area contributed by atoms with E-state index in [0.717, 1.165) is 11.3 Å². The van der Waals surface area contributed by atoms with Crippen molar-refractivity contribution in [2.75, 3.05) is 5.32 Å². The standard InChI is InChI=1S/C14H15N3O3/c18-12-5-6-14(19)17(16-12)8-7-13-15-11-4-2-1-3-10(11)9-20-13/h1-6,13,15H,7-9H2,(H,16,18)/t13-/m1/s1. The second-order valence-electron chi connectivity index (χ2n) is 4.69. The number of nitrogens with zero attached hydrogens (tertiary/aromatic N) is 1. The highest BCUT2D eigenvalue weighted by molar-refractivity contribution is 5.52. The number of H-pyrrole nitrogens is 1. The molecule has 104 valence electrons. The fourth-order valence-corrected chi connectivity index (χ4v) is 2.22. The van der Waals surface area contributed by atoms with Gasteiger partial charge in [0, 0.05) is 36.3 Å². The molecule has 0 radical (unpaired) electrons. The highest BCUT2D eigenvalue weighted by Crippen LogP contribution is 2.23. The first kappa shape index (κ1) is 12.7. The molecule has 0 bridgehead atoms. The lowest BCUT2D eigenvalue weighted by Gasteiger charge is -2.27. The van der Waals surface area contributed by atoms with Crippen LogP contribution in [0.5, 0.6) is 0 Å². The minimum absolute atomic E-state index is 0.166. The molecule has 2 aromatic rings. The molecule has 0 unspecified atom stereocenters. The number of aromatic amines is 1. The predicted octanol–water partition coefficient (Wildman–Crippen LogP) is 0.895. The smallest absolute Gasteiger partial charge is 0.265 e. The Balaban J connectivity index is 1.67. The number of fused-ring (bicyclic) bond motifs is 1. The van der Waals surface area contributed by atoms with Gasteiger partial charge in [-0.05, 0) is 6.07 Å². The summed E-state index contributed by atoms with van der Waals surface area (Å²) in [5, 5.41) is 5.77. The summed E-state index contributed by atoms with van der Waals surface area (Å²) in [5.74, 6) is 0. The summed E-state index contributed by atoms with van der Waals surface area (Å²) in [6.07, 6.45) is 0.425. The van der Waals surface area contributed by atoms with Crippen LogP contribution in [0.4, 0.5) is 5.69 Å². The number of anilines is 1.